The van der Waals surface area contributed by atoms with Crippen molar-refractivity contribution < 1.29 is 32.6 Å². The Morgan fingerprint density at radius 3 is 2.47 bits per heavy atom. The largest absolute Gasteiger partial charge is 0.480 e. The molecule has 0 bridgehead atoms. The molecule has 1 amide bonds. The molecular formula is C11H16F3NO4. The van der Waals surface area contributed by atoms with Gasteiger partial charge in [-0.3, -0.25) is 9.59 Å². The number of hydrogen-bond acceptors (Lipinski definition) is 3. The molecule has 0 spiro atoms. The lowest BCUT2D eigenvalue weighted by molar-refractivity contribution is -0.167. The Hall–Kier alpha value is -1.31. The van der Waals surface area contributed by atoms with E-state index in [1.165, 1.54) is 0 Å². The van der Waals surface area contributed by atoms with Gasteiger partial charge in [0.15, 0.2) is 0 Å². The Kier molecular flexibility index (Phi) is 5.59. The van der Waals surface area contributed by atoms with E-state index >= 15 is 0 Å². The van der Waals surface area contributed by atoms with Gasteiger partial charge in [-0.05, 0) is 19.3 Å². The Balaban J connectivity index is 2.56. The number of carbonyl (C=O) groups is 2. The predicted molar refractivity (Wildman–Crippen MR) is 58.5 cm³/mol. The van der Waals surface area contributed by atoms with E-state index in [0.717, 1.165) is 12.8 Å². The molecule has 0 saturated carbocycles. The summed E-state index contributed by atoms with van der Waals surface area (Å²) in [5, 5.41) is 8.54. The minimum atomic E-state index is -4.61. The number of carboxylic acid groups (broad SMARTS) is 1. The number of carboxylic acids is 1. The molecule has 0 aromatic carbocycles. The standard InChI is InChI=1S/C11H16F3NO4/c12-11(13,14)7-15(6-10(17)18)9(16)5-8-3-1-2-4-19-8/h8H,1-7H2,(H,17,18). The van der Waals surface area contributed by atoms with E-state index in [1.807, 2.05) is 0 Å². The first-order valence-electron chi connectivity index (χ1n) is 5.96. The fourth-order valence-electron chi connectivity index (χ4n) is 1.90. The molecule has 1 saturated heterocycles. The smallest absolute Gasteiger partial charge is 0.406 e. The lowest BCUT2D eigenvalue weighted by Crippen LogP contribution is -2.43. The minimum absolute atomic E-state index is 0.205. The number of aliphatic carboxylic acids is 1. The van der Waals surface area contributed by atoms with Gasteiger partial charge in [-0.1, -0.05) is 0 Å². The number of rotatable bonds is 5. The van der Waals surface area contributed by atoms with Gasteiger partial charge in [-0.15, -0.1) is 0 Å². The highest BCUT2D eigenvalue weighted by atomic mass is 19.4. The number of nitrogens with zero attached hydrogens (tertiary/aromatic N) is 1. The molecule has 1 unspecified atom stereocenters. The van der Waals surface area contributed by atoms with Gasteiger partial charge in [0.1, 0.15) is 13.1 Å². The molecule has 1 rings (SSSR count). The van der Waals surface area contributed by atoms with Gasteiger partial charge in [0, 0.05) is 6.61 Å². The molecule has 0 aromatic heterocycles. The van der Waals surface area contributed by atoms with Gasteiger partial charge in [-0.25, -0.2) is 0 Å². The van der Waals surface area contributed by atoms with Crippen LogP contribution in [0.3, 0.4) is 0 Å². The molecule has 1 fully saturated rings. The maximum Gasteiger partial charge on any atom is 0.406 e. The molecule has 1 aliphatic heterocycles. The summed E-state index contributed by atoms with van der Waals surface area (Å²) in [5.41, 5.74) is 0. The lowest BCUT2D eigenvalue weighted by Gasteiger charge is -2.26. The van der Waals surface area contributed by atoms with Crippen LogP contribution in [0.2, 0.25) is 0 Å². The van der Waals surface area contributed by atoms with Crippen molar-refractivity contribution in [1.82, 2.24) is 4.90 Å². The molecular weight excluding hydrogens is 267 g/mol. The van der Waals surface area contributed by atoms with E-state index in [0.29, 0.717) is 17.9 Å². The van der Waals surface area contributed by atoms with E-state index in [1.54, 1.807) is 0 Å². The summed E-state index contributed by atoms with van der Waals surface area (Å²) >= 11 is 0. The first-order chi connectivity index (χ1) is 8.78. The molecule has 110 valence electrons. The van der Waals surface area contributed by atoms with Gasteiger partial charge in [0.25, 0.3) is 0 Å². The van der Waals surface area contributed by atoms with E-state index in [-0.39, 0.29) is 6.42 Å². The van der Waals surface area contributed by atoms with E-state index < -0.39 is 37.2 Å². The van der Waals surface area contributed by atoms with E-state index in [2.05, 4.69) is 0 Å². The van der Waals surface area contributed by atoms with Crippen LogP contribution in [-0.2, 0) is 14.3 Å². The first kappa shape index (κ1) is 15.7. The molecule has 5 nitrogen and oxygen atoms in total. The summed E-state index contributed by atoms with van der Waals surface area (Å²) in [5.74, 6) is -2.31. The highest BCUT2D eigenvalue weighted by molar-refractivity contribution is 5.81. The fraction of sp³-hybridized carbons (Fsp3) is 0.818. The Morgan fingerprint density at radius 2 is 2.00 bits per heavy atom. The van der Waals surface area contributed by atoms with Gasteiger partial charge in [0.2, 0.25) is 5.91 Å². The Bertz CT molecular complexity index is 326. The van der Waals surface area contributed by atoms with E-state index in [4.69, 9.17) is 9.84 Å². The second-order valence-corrected chi connectivity index (χ2v) is 4.45. The van der Waals surface area contributed by atoms with Gasteiger partial charge in [0.05, 0.1) is 12.5 Å². The molecule has 1 N–H and O–H groups in total. The fourth-order valence-corrected chi connectivity index (χ4v) is 1.90. The van der Waals surface area contributed by atoms with E-state index in [9.17, 15) is 22.8 Å². The zero-order chi connectivity index (χ0) is 14.5. The quantitative estimate of drug-likeness (QED) is 0.828. The van der Waals surface area contributed by atoms with Crippen molar-refractivity contribution in [1.29, 1.82) is 0 Å². The van der Waals surface area contributed by atoms with Crippen LogP contribution in [0.15, 0.2) is 0 Å². The van der Waals surface area contributed by atoms with Gasteiger partial charge < -0.3 is 14.7 Å². The number of carbonyl (C=O) groups excluding carboxylic acids is 1. The van der Waals surface area contributed by atoms with Crippen molar-refractivity contribution in [3.05, 3.63) is 0 Å². The molecule has 1 atom stereocenters. The van der Waals surface area contributed by atoms with Crippen molar-refractivity contribution in [3.63, 3.8) is 0 Å². The monoisotopic (exact) mass is 283 g/mol. The number of alkyl halides is 3. The van der Waals surface area contributed by atoms with Crippen LogP contribution in [0.5, 0.6) is 0 Å². The number of halogens is 3. The zero-order valence-corrected chi connectivity index (χ0v) is 10.3. The average molecular weight is 283 g/mol. The Morgan fingerprint density at radius 1 is 1.32 bits per heavy atom. The third-order valence-electron chi connectivity index (χ3n) is 2.73. The number of hydrogen-bond donors (Lipinski definition) is 1. The van der Waals surface area contributed by atoms with Crippen LogP contribution in [0, 0.1) is 0 Å². The first-order valence-corrected chi connectivity index (χ1v) is 5.96. The van der Waals surface area contributed by atoms with Crippen LogP contribution < -0.4 is 0 Å². The van der Waals surface area contributed by atoms with Crippen molar-refractivity contribution in [2.75, 3.05) is 19.7 Å². The van der Waals surface area contributed by atoms with Crippen molar-refractivity contribution in [2.24, 2.45) is 0 Å². The van der Waals surface area contributed by atoms with Crippen LogP contribution >= 0.6 is 0 Å². The molecule has 1 aliphatic rings. The maximum atomic E-state index is 12.3. The summed E-state index contributed by atoms with van der Waals surface area (Å²) in [7, 11) is 0. The SMILES string of the molecule is O=C(O)CN(CC(F)(F)F)C(=O)CC1CCCCO1. The van der Waals surface area contributed by atoms with Crippen LogP contribution in [0.1, 0.15) is 25.7 Å². The summed E-state index contributed by atoms with van der Waals surface area (Å²) in [6, 6.07) is 0. The molecule has 1 heterocycles. The lowest BCUT2D eigenvalue weighted by atomic mass is 10.1. The second kappa shape index (κ2) is 6.74. The van der Waals surface area contributed by atoms with Crippen LogP contribution in [0.25, 0.3) is 0 Å². The van der Waals surface area contributed by atoms with Crippen molar-refractivity contribution in [2.45, 2.75) is 38.0 Å². The summed E-state index contributed by atoms with van der Waals surface area (Å²) in [4.78, 5) is 22.5. The zero-order valence-electron chi connectivity index (χ0n) is 10.3. The average Bonchev–Trinajstić information content (AvgIpc) is 2.27. The van der Waals surface area contributed by atoms with Gasteiger partial charge in [-0.2, -0.15) is 13.2 Å². The third kappa shape index (κ3) is 6.42. The summed E-state index contributed by atoms with van der Waals surface area (Å²) < 4.78 is 42.1. The maximum absolute atomic E-state index is 12.3. The van der Waals surface area contributed by atoms with Crippen LogP contribution in [0.4, 0.5) is 13.2 Å². The number of amides is 1. The molecule has 0 aliphatic carbocycles. The Labute approximate surface area is 108 Å². The summed E-state index contributed by atoms with van der Waals surface area (Å²) in [6.45, 7) is -2.02. The molecule has 0 aromatic rings. The van der Waals surface area contributed by atoms with Crippen molar-refractivity contribution >= 4 is 11.9 Å². The predicted octanol–water partition coefficient (Wildman–Crippen LogP) is 1.42. The molecule has 19 heavy (non-hydrogen) atoms. The molecule has 0 radical (unpaired) electrons. The van der Waals surface area contributed by atoms with Crippen LogP contribution in [-0.4, -0.2) is 53.9 Å². The van der Waals surface area contributed by atoms with Crippen molar-refractivity contribution in [3.8, 4) is 0 Å². The second-order valence-electron chi connectivity index (χ2n) is 4.45. The third-order valence-corrected chi connectivity index (χ3v) is 2.73. The summed E-state index contributed by atoms with van der Waals surface area (Å²) in [6.07, 6.45) is -2.89. The highest BCUT2D eigenvalue weighted by Crippen LogP contribution is 2.20. The molecule has 8 heteroatoms. The topological polar surface area (TPSA) is 66.8 Å². The van der Waals surface area contributed by atoms with Gasteiger partial charge >= 0.3 is 12.1 Å². The minimum Gasteiger partial charge on any atom is -0.480 e. The highest BCUT2D eigenvalue weighted by Gasteiger charge is 2.34. The normalized spacial score (nSPS) is 20.1. The number of ether oxygens (including phenoxy) is 1.